The Kier molecular flexibility index (Phi) is 5.26. The van der Waals surface area contributed by atoms with Crippen molar-refractivity contribution in [1.82, 2.24) is 0 Å². The molecule has 122 valence electrons. The third-order valence-electron chi connectivity index (χ3n) is 4.04. The average Bonchev–Trinajstić information content (AvgIpc) is 2.54. The zero-order chi connectivity index (χ0) is 17.1. The number of halogens is 2. The van der Waals surface area contributed by atoms with Crippen LogP contribution in [0.3, 0.4) is 0 Å². The van der Waals surface area contributed by atoms with E-state index >= 15 is 4.39 Å². The first-order valence-electron chi connectivity index (χ1n) is 7.75. The van der Waals surface area contributed by atoms with E-state index in [0.717, 1.165) is 5.56 Å². The Morgan fingerprint density at radius 2 is 1.52 bits per heavy atom. The molecular formula is C20H22ClFO. The molecule has 0 bridgehead atoms. The molecule has 23 heavy (non-hydrogen) atoms. The monoisotopic (exact) mass is 332 g/mol. The van der Waals surface area contributed by atoms with Gasteiger partial charge in [-0.3, -0.25) is 4.79 Å². The Morgan fingerprint density at radius 3 is 2.00 bits per heavy atom. The highest BCUT2D eigenvalue weighted by molar-refractivity contribution is 6.18. The van der Waals surface area contributed by atoms with Crippen LogP contribution < -0.4 is 0 Å². The predicted molar refractivity (Wildman–Crippen MR) is 94.0 cm³/mol. The summed E-state index contributed by atoms with van der Waals surface area (Å²) in [6.07, 6.45) is -0.0432. The fourth-order valence-electron chi connectivity index (χ4n) is 2.57. The summed E-state index contributed by atoms with van der Waals surface area (Å²) in [4.78, 5) is 12.8. The highest BCUT2D eigenvalue weighted by Gasteiger charge is 2.40. The van der Waals surface area contributed by atoms with Gasteiger partial charge in [0.25, 0.3) is 0 Å². The van der Waals surface area contributed by atoms with Gasteiger partial charge >= 0.3 is 0 Å². The van der Waals surface area contributed by atoms with E-state index < -0.39 is 11.5 Å². The van der Waals surface area contributed by atoms with E-state index in [2.05, 4.69) is 20.8 Å². The van der Waals surface area contributed by atoms with Crippen molar-refractivity contribution in [2.45, 2.75) is 38.3 Å². The van der Waals surface area contributed by atoms with Crippen molar-refractivity contribution in [1.29, 1.82) is 0 Å². The lowest BCUT2D eigenvalue weighted by Crippen LogP contribution is -2.32. The van der Waals surface area contributed by atoms with Gasteiger partial charge < -0.3 is 0 Å². The molecule has 0 unspecified atom stereocenters. The van der Waals surface area contributed by atoms with Gasteiger partial charge in [0.05, 0.1) is 0 Å². The van der Waals surface area contributed by atoms with Gasteiger partial charge in [0.2, 0.25) is 5.78 Å². The van der Waals surface area contributed by atoms with Crippen LogP contribution in [0.1, 0.15) is 48.7 Å². The Bertz CT molecular complexity index is 658. The molecule has 0 aliphatic heterocycles. The highest BCUT2D eigenvalue weighted by atomic mass is 35.5. The Balaban J connectivity index is 2.39. The van der Waals surface area contributed by atoms with E-state index in [0.29, 0.717) is 11.1 Å². The molecule has 0 aromatic heterocycles. The van der Waals surface area contributed by atoms with E-state index in [1.165, 1.54) is 0 Å². The van der Waals surface area contributed by atoms with Gasteiger partial charge in [0, 0.05) is 17.9 Å². The van der Waals surface area contributed by atoms with Crippen molar-refractivity contribution in [3.05, 3.63) is 71.3 Å². The van der Waals surface area contributed by atoms with Crippen LogP contribution in [0.5, 0.6) is 0 Å². The van der Waals surface area contributed by atoms with E-state index in [9.17, 15) is 4.79 Å². The molecule has 0 spiro atoms. The lowest BCUT2D eigenvalue weighted by Gasteiger charge is -2.24. The Morgan fingerprint density at radius 1 is 0.957 bits per heavy atom. The summed E-state index contributed by atoms with van der Waals surface area (Å²) < 4.78 is 15.5. The number of ketones is 1. The second kappa shape index (κ2) is 6.84. The van der Waals surface area contributed by atoms with Gasteiger partial charge in [0.15, 0.2) is 5.67 Å². The molecule has 0 N–H and O–H groups in total. The van der Waals surface area contributed by atoms with Crippen LogP contribution in [-0.4, -0.2) is 11.7 Å². The van der Waals surface area contributed by atoms with Gasteiger partial charge in [-0.05, 0) is 16.5 Å². The van der Waals surface area contributed by atoms with Gasteiger partial charge in [-0.1, -0.05) is 75.4 Å². The second-order valence-electron chi connectivity index (χ2n) is 6.76. The molecule has 2 rings (SSSR count). The van der Waals surface area contributed by atoms with Gasteiger partial charge in [-0.15, -0.1) is 11.6 Å². The zero-order valence-electron chi connectivity index (χ0n) is 13.8. The molecule has 3 heteroatoms. The number of Topliss-reactive ketones (excluding diaryl/α,β-unsaturated/α-hetero) is 1. The third kappa shape index (κ3) is 3.81. The summed E-state index contributed by atoms with van der Waals surface area (Å²) in [7, 11) is 0. The minimum Gasteiger partial charge on any atom is -0.290 e. The maximum atomic E-state index is 15.5. The van der Waals surface area contributed by atoms with Crippen molar-refractivity contribution >= 4 is 17.4 Å². The quantitative estimate of drug-likeness (QED) is 0.510. The topological polar surface area (TPSA) is 17.1 Å². The molecule has 2 aromatic rings. The largest absolute Gasteiger partial charge is 0.290 e. The maximum absolute atomic E-state index is 15.5. The van der Waals surface area contributed by atoms with Crippen molar-refractivity contribution in [3.63, 3.8) is 0 Å². The molecule has 0 saturated heterocycles. The molecule has 0 radical (unpaired) electrons. The minimum atomic E-state index is -2.09. The molecule has 1 atom stereocenters. The summed E-state index contributed by atoms with van der Waals surface area (Å²) in [6, 6.07) is 15.7. The van der Waals surface area contributed by atoms with Crippen LogP contribution >= 0.6 is 11.6 Å². The molecule has 2 aromatic carbocycles. The van der Waals surface area contributed by atoms with E-state index in [1.54, 1.807) is 42.5 Å². The Hall–Kier alpha value is -1.67. The number of benzene rings is 2. The van der Waals surface area contributed by atoms with Crippen LogP contribution in [0.25, 0.3) is 0 Å². The zero-order valence-corrected chi connectivity index (χ0v) is 14.5. The van der Waals surface area contributed by atoms with Gasteiger partial charge in [0.1, 0.15) is 0 Å². The first-order chi connectivity index (χ1) is 10.8. The first-order valence-corrected chi connectivity index (χ1v) is 8.28. The molecule has 0 heterocycles. The number of carbonyl (C=O) groups excluding carboxylic acids is 1. The van der Waals surface area contributed by atoms with Crippen molar-refractivity contribution in [2.75, 3.05) is 5.88 Å². The number of rotatable bonds is 5. The van der Waals surface area contributed by atoms with Crippen molar-refractivity contribution in [2.24, 2.45) is 0 Å². The molecule has 1 nitrogen and oxygen atoms in total. The molecule has 0 amide bonds. The molecule has 0 aliphatic carbocycles. The van der Waals surface area contributed by atoms with Crippen molar-refractivity contribution in [3.8, 4) is 0 Å². The fraction of sp³-hybridized carbons (Fsp3) is 0.350. The normalized spacial score (nSPS) is 14.3. The van der Waals surface area contributed by atoms with E-state index in [1.807, 2.05) is 12.1 Å². The smallest absolute Gasteiger partial charge is 0.204 e. The van der Waals surface area contributed by atoms with Crippen LogP contribution in [0.2, 0.25) is 0 Å². The van der Waals surface area contributed by atoms with Gasteiger partial charge in [-0.2, -0.15) is 0 Å². The first kappa shape index (κ1) is 17.7. The highest BCUT2D eigenvalue weighted by Crippen LogP contribution is 2.34. The average molecular weight is 333 g/mol. The minimum absolute atomic E-state index is 0.00997. The number of hydrogen-bond acceptors (Lipinski definition) is 1. The third-order valence-corrected chi connectivity index (χ3v) is 4.23. The van der Waals surface area contributed by atoms with E-state index in [-0.39, 0.29) is 17.7 Å². The fourth-order valence-corrected chi connectivity index (χ4v) is 2.83. The SMILES string of the molecule is CC(C)(C)c1ccc(C(=O)[C@@](F)(CCCl)c2ccccc2)cc1. The number of carbonyl (C=O) groups is 1. The van der Waals surface area contributed by atoms with E-state index in [4.69, 9.17) is 11.6 Å². The predicted octanol–water partition coefficient (Wildman–Crippen LogP) is 5.66. The molecule has 0 saturated carbocycles. The van der Waals surface area contributed by atoms with Crippen LogP contribution in [0.15, 0.2) is 54.6 Å². The standard InChI is InChI=1S/C20H22ClFO/c1-19(2,3)16-11-9-15(10-12-16)18(23)20(22,13-14-21)17-7-5-4-6-8-17/h4-12H,13-14H2,1-3H3/t20-/m1/s1. The van der Waals surface area contributed by atoms with Gasteiger partial charge in [-0.25, -0.2) is 4.39 Å². The lowest BCUT2D eigenvalue weighted by atomic mass is 9.83. The maximum Gasteiger partial charge on any atom is 0.204 e. The number of hydrogen-bond donors (Lipinski definition) is 0. The van der Waals surface area contributed by atoms with Crippen LogP contribution in [0, 0.1) is 0 Å². The summed E-state index contributed by atoms with van der Waals surface area (Å²) in [5, 5.41) is 0. The summed E-state index contributed by atoms with van der Waals surface area (Å²) in [5.41, 5.74) is -0.272. The molecule has 0 fully saturated rings. The van der Waals surface area contributed by atoms with Crippen LogP contribution in [0.4, 0.5) is 4.39 Å². The second-order valence-corrected chi connectivity index (χ2v) is 7.14. The van der Waals surface area contributed by atoms with Crippen molar-refractivity contribution < 1.29 is 9.18 Å². The summed E-state index contributed by atoms with van der Waals surface area (Å²) >= 11 is 5.76. The lowest BCUT2D eigenvalue weighted by molar-refractivity contribution is 0.0668. The van der Waals surface area contributed by atoms with Crippen LogP contribution in [-0.2, 0) is 11.1 Å². The molecule has 0 aliphatic rings. The Labute approximate surface area is 142 Å². The summed E-state index contributed by atoms with van der Waals surface area (Å²) in [6.45, 7) is 6.29. The summed E-state index contributed by atoms with van der Waals surface area (Å²) in [5.74, 6) is -0.457. The number of alkyl halides is 2. The molecular weight excluding hydrogens is 311 g/mol.